The lowest BCUT2D eigenvalue weighted by Gasteiger charge is -2.30. The highest BCUT2D eigenvalue weighted by atomic mass is 15.3. The van der Waals surface area contributed by atoms with Gasteiger partial charge in [-0.3, -0.25) is 0 Å². The first kappa shape index (κ1) is 13.9. The number of guanidine groups is 1. The van der Waals surface area contributed by atoms with Crippen molar-refractivity contribution in [3.05, 3.63) is 29.6 Å². The number of hydrogen-bond acceptors (Lipinski definition) is 2. The number of H-pyrrole nitrogens is 1. The molecule has 0 amide bonds. The van der Waals surface area contributed by atoms with Crippen molar-refractivity contribution in [3.63, 3.8) is 0 Å². The highest BCUT2D eigenvalue weighted by molar-refractivity contribution is 5.79. The van der Waals surface area contributed by atoms with Crippen molar-refractivity contribution in [1.82, 2.24) is 14.9 Å². The molecule has 0 unspecified atom stereocenters. The summed E-state index contributed by atoms with van der Waals surface area (Å²) in [6.45, 7) is 6.89. The van der Waals surface area contributed by atoms with Crippen molar-refractivity contribution in [2.45, 2.75) is 33.2 Å². The molecule has 1 aliphatic rings. The number of aromatic amines is 1. The Morgan fingerprint density at radius 2 is 2.19 bits per heavy atom. The molecule has 3 rings (SSSR count). The Morgan fingerprint density at radius 1 is 1.43 bits per heavy atom. The third-order valence-corrected chi connectivity index (χ3v) is 4.26. The molecule has 1 saturated heterocycles. The largest absolute Gasteiger partial charge is 0.370 e. The number of nitrogens with one attached hydrogen (secondary N) is 1. The first-order chi connectivity index (χ1) is 10.1. The Kier molecular flexibility index (Phi) is 3.82. The number of imidazole rings is 1. The summed E-state index contributed by atoms with van der Waals surface area (Å²) < 4.78 is 0. The number of nitrogens with two attached hydrogens (primary N) is 1. The summed E-state index contributed by atoms with van der Waals surface area (Å²) in [4.78, 5) is 14.6. The lowest BCUT2D eigenvalue weighted by Crippen LogP contribution is -2.42. The van der Waals surface area contributed by atoms with E-state index in [2.05, 4.69) is 39.8 Å². The van der Waals surface area contributed by atoms with Crippen LogP contribution in [0.3, 0.4) is 0 Å². The molecule has 0 radical (unpaired) electrons. The Morgan fingerprint density at radius 3 is 2.90 bits per heavy atom. The van der Waals surface area contributed by atoms with Crippen LogP contribution in [0.15, 0.2) is 23.2 Å². The van der Waals surface area contributed by atoms with Crippen LogP contribution in [-0.2, 0) is 6.54 Å². The van der Waals surface area contributed by atoms with Gasteiger partial charge in [-0.1, -0.05) is 19.1 Å². The van der Waals surface area contributed by atoms with Gasteiger partial charge in [-0.05, 0) is 37.3 Å². The predicted molar refractivity (Wildman–Crippen MR) is 86.1 cm³/mol. The van der Waals surface area contributed by atoms with Gasteiger partial charge in [0.25, 0.3) is 0 Å². The van der Waals surface area contributed by atoms with Crippen LogP contribution in [0.2, 0.25) is 0 Å². The number of benzene rings is 1. The molecule has 1 fully saturated rings. The lowest BCUT2D eigenvalue weighted by atomic mass is 10.00. The third kappa shape index (κ3) is 3.01. The maximum atomic E-state index is 6.10. The van der Waals surface area contributed by atoms with Gasteiger partial charge in [-0.2, -0.15) is 0 Å². The number of rotatable bonds is 2. The smallest absolute Gasteiger partial charge is 0.191 e. The van der Waals surface area contributed by atoms with E-state index in [1.165, 1.54) is 18.4 Å². The number of aromatic nitrogens is 2. The molecule has 1 aliphatic heterocycles. The van der Waals surface area contributed by atoms with Crippen molar-refractivity contribution in [3.8, 4) is 0 Å². The topological polar surface area (TPSA) is 70.3 Å². The van der Waals surface area contributed by atoms with Crippen LogP contribution in [0.5, 0.6) is 0 Å². The van der Waals surface area contributed by atoms with Gasteiger partial charge in [0.1, 0.15) is 12.4 Å². The fourth-order valence-corrected chi connectivity index (χ4v) is 2.80. The van der Waals surface area contributed by atoms with E-state index in [0.29, 0.717) is 12.5 Å². The van der Waals surface area contributed by atoms with Crippen molar-refractivity contribution in [2.75, 3.05) is 13.1 Å². The van der Waals surface area contributed by atoms with E-state index in [-0.39, 0.29) is 0 Å². The van der Waals surface area contributed by atoms with Crippen LogP contribution < -0.4 is 5.73 Å². The van der Waals surface area contributed by atoms with Gasteiger partial charge >= 0.3 is 0 Å². The first-order valence-corrected chi connectivity index (χ1v) is 7.62. The van der Waals surface area contributed by atoms with Crippen molar-refractivity contribution < 1.29 is 0 Å². The summed E-state index contributed by atoms with van der Waals surface area (Å²) in [5, 5.41) is 0. The van der Waals surface area contributed by atoms with Crippen molar-refractivity contribution in [2.24, 2.45) is 16.6 Å². The van der Waals surface area contributed by atoms with Crippen molar-refractivity contribution >= 4 is 17.0 Å². The van der Waals surface area contributed by atoms with Crippen LogP contribution in [-0.4, -0.2) is 33.9 Å². The Balaban J connectivity index is 1.70. The van der Waals surface area contributed by atoms with Crippen LogP contribution in [0.4, 0.5) is 0 Å². The van der Waals surface area contributed by atoms with E-state index in [4.69, 9.17) is 5.73 Å². The zero-order chi connectivity index (χ0) is 14.8. The van der Waals surface area contributed by atoms with Gasteiger partial charge < -0.3 is 15.6 Å². The van der Waals surface area contributed by atoms with Crippen LogP contribution in [0.1, 0.15) is 31.2 Å². The average Bonchev–Trinajstić information content (AvgIpc) is 2.90. The fourth-order valence-electron chi connectivity index (χ4n) is 2.80. The summed E-state index contributed by atoms with van der Waals surface area (Å²) >= 11 is 0. The quantitative estimate of drug-likeness (QED) is 0.657. The molecule has 1 aromatic heterocycles. The molecule has 3 N–H and O–H groups in total. The summed E-state index contributed by atoms with van der Waals surface area (Å²) in [5.74, 6) is 2.30. The minimum absolute atomic E-state index is 0.506. The molecular formula is C16H23N5. The van der Waals surface area contributed by atoms with Gasteiger partial charge in [0, 0.05) is 13.1 Å². The minimum Gasteiger partial charge on any atom is -0.370 e. The molecule has 5 nitrogen and oxygen atoms in total. The van der Waals surface area contributed by atoms with Gasteiger partial charge in [-0.25, -0.2) is 9.98 Å². The average molecular weight is 285 g/mol. The SMILES string of the molecule is Cc1cccc2[nH]c(CN=C(N)N3CCC(C)CC3)nc12. The number of aryl methyl sites for hydroxylation is 1. The molecule has 1 aromatic carbocycles. The minimum atomic E-state index is 0.506. The highest BCUT2D eigenvalue weighted by Crippen LogP contribution is 2.17. The normalized spacial score (nSPS) is 17.6. The third-order valence-electron chi connectivity index (χ3n) is 4.26. The van der Waals surface area contributed by atoms with E-state index in [0.717, 1.165) is 35.9 Å². The molecule has 0 saturated carbocycles. The number of piperidine rings is 1. The standard InChI is InChI=1S/C16H23N5/c1-11-6-8-21(9-7-11)16(17)18-10-14-19-13-5-3-4-12(2)15(13)20-14/h3-5,11H,6-10H2,1-2H3,(H2,17,18)(H,19,20). The molecule has 2 heterocycles. The molecule has 0 bridgehead atoms. The van der Waals surface area contributed by atoms with E-state index >= 15 is 0 Å². The Labute approximate surface area is 125 Å². The Bertz CT molecular complexity index is 650. The van der Waals surface area contributed by atoms with Gasteiger partial charge in [0.15, 0.2) is 5.96 Å². The van der Waals surface area contributed by atoms with Crippen molar-refractivity contribution in [1.29, 1.82) is 0 Å². The molecule has 0 atom stereocenters. The summed E-state index contributed by atoms with van der Waals surface area (Å²) in [7, 11) is 0. The Hall–Kier alpha value is -2.04. The molecule has 112 valence electrons. The number of para-hydroxylation sites is 1. The first-order valence-electron chi connectivity index (χ1n) is 7.62. The van der Waals surface area contributed by atoms with Gasteiger partial charge in [0.2, 0.25) is 0 Å². The monoisotopic (exact) mass is 285 g/mol. The highest BCUT2D eigenvalue weighted by Gasteiger charge is 2.17. The van der Waals surface area contributed by atoms with Gasteiger partial charge in [0.05, 0.1) is 11.0 Å². The number of nitrogens with zero attached hydrogens (tertiary/aromatic N) is 3. The maximum absolute atomic E-state index is 6.10. The number of aliphatic imine (C=N–C) groups is 1. The molecule has 2 aromatic rings. The number of hydrogen-bond donors (Lipinski definition) is 2. The zero-order valence-corrected chi connectivity index (χ0v) is 12.8. The molecular weight excluding hydrogens is 262 g/mol. The number of fused-ring (bicyclic) bond motifs is 1. The second-order valence-corrected chi connectivity index (χ2v) is 6.00. The zero-order valence-electron chi connectivity index (χ0n) is 12.8. The van der Waals surface area contributed by atoms with E-state index < -0.39 is 0 Å². The lowest BCUT2D eigenvalue weighted by molar-refractivity contribution is 0.277. The van der Waals surface area contributed by atoms with E-state index in [9.17, 15) is 0 Å². The molecule has 5 heteroatoms. The molecule has 0 aliphatic carbocycles. The maximum Gasteiger partial charge on any atom is 0.191 e. The van der Waals surface area contributed by atoms with Gasteiger partial charge in [-0.15, -0.1) is 0 Å². The summed E-state index contributed by atoms with van der Waals surface area (Å²) in [5.41, 5.74) is 9.36. The molecule has 0 spiro atoms. The van der Waals surface area contributed by atoms with Crippen LogP contribution >= 0.6 is 0 Å². The second kappa shape index (κ2) is 5.76. The fraction of sp³-hybridized carbons (Fsp3) is 0.500. The summed E-state index contributed by atoms with van der Waals surface area (Å²) in [6.07, 6.45) is 2.39. The van der Waals surface area contributed by atoms with Crippen LogP contribution in [0, 0.1) is 12.8 Å². The van der Waals surface area contributed by atoms with E-state index in [1.807, 2.05) is 12.1 Å². The second-order valence-electron chi connectivity index (χ2n) is 6.00. The molecule has 21 heavy (non-hydrogen) atoms. The van der Waals surface area contributed by atoms with Crippen LogP contribution in [0.25, 0.3) is 11.0 Å². The number of likely N-dealkylation sites (tertiary alicyclic amines) is 1. The van der Waals surface area contributed by atoms with E-state index in [1.54, 1.807) is 0 Å². The summed E-state index contributed by atoms with van der Waals surface area (Å²) in [6, 6.07) is 6.14. The predicted octanol–water partition coefficient (Wildman–Crippen LogP) is 2.42.